The van der Waals surface area contributed by atoms with E-state index in [0.29, 0.717) is 18.4 Å². The molecule has 100 valence electrons. The van der Waals surface area contributed by atoms with E-state index in [4.69, 9.17) is 9.84 Å². The van der Waals surface area contributed by atoms with Crippen LogP contribution in [0.5, 0.6) is 0 Å². The number of nitrogens with one attached hydrogen (secondary N) is 1. The molecule has 0 fully saturated rings. The number of hydrogen-bond acceptors (Lipinski definition) is 4. The molecule has 6 nitrogen and oxygen atoms in total. The van der Waals surface area contributed by atoms with Crippen LogP contribution in [-0.2, 0) is 16.0 Å². The van der Waals surface area contributed by atoms with E-state index in [0.717, 1.165) is 10.9 Å². The van der Waals surface area contributed by atoms with Crippen molar-refractivity contribution in [2.24, 2.45) is 0 Å². The summed E-state index contributed by atoms with van der Waals surface area (Å²) in [7, 11) is 0. The largest absolute Gasteiger partial charge is 0.481 e. The maximum Gasteiger partial charge on any atom is 0.305 e. The van der Waals surface area contributed by atoms with E-state index in [1.54, 1.807) is 12.3 Å². The van der Waals surface area contributed by atoms with Crippen LogP contribution in [0, 0.1) is 0 Å². The third kappa shape index (κ3) is 3.38. The molecule has 0 unspecified atom stereocenters. The Kier molecular flexibility index (Phi) is 4.25. The fourth-order valence-electron chi connectivity index (χ4n) is 1.84. The van der Waals surface area contributed by atoms with Crippen molar-refractivity contribution in [2.45, 2.75) is 12.8 Å². The minimum atomic E-state index is -0.874. The summed E-state index contributed by atoms with van der Waals surface area (Å²) in [4.78, 5) is 21.9. The molecule has 2 aromatic rings. The maximum atomic E-state index is 11.6. The van der Waals surface area contributed by atoms with Gasteiger partial charge in [0.25, 0.3) is 5.56 Å². The molecule has 2 N–H and O–H groups in total. The Morgan fingerprint density at radius 2 is 2.16 bits per heavy atom. The maximum absolute atomic E-state index is 11.6. The quantitative estimate of drug-likeness (QED) is 0.756. The first-order valence-electron chi connectivity index (χ1n) is 5.93. The smallest absolute Gasteiger partial charge is 0.305 e. The van der Waals surface area contributed by atoms with Crippen LogP contribution in [0.1, 0.15) is 12.0 Å². The highest BCUT2D eigenvalue weighted by Crippen LogP contribution is 2.14. The lowest BCUT2D eigenvalue weighted by atomic mass is 10.1. The number of carboxylic acid groups (broad SMARTS) is 1. The summed E-state index contributed by atoms with van der Waals surface area (Å²) in [6, 6.07) is 5.46. The van der Waals surface area contributed by atoms with E-state index in [1.807, 2.05) is 12.1 Å². The van der Waals surface area contributed by atoms with E-state index >= 15 is 0 Å². The minimum Gasteiger partial charge on any atom is -0.481 e. The number of aromatic nitrogens is 2. The van der Waals surface area contributed by atoms with Crippen LogP contribution in [0.3, 0.4) is 0 Å². The highest BCUT2D eigenvalue weighted by molar-refractivity contribution is 5.83. The molecule has 0 radical (unpaired) electrons. The lowest BCUT2D eigenvalue weighted by molar-refractivity contribution is -0.138. The van der Waals surface area contributed by atoms with Gasteiger partial charge in [-0.1, -0.05) is 12.1 Å². The number of hydrogen-bond donors (Lipinski definition) is 2. The molecule has 0 saturated carbocycles. The van der Waals surface area contributed by atoms with Crippen LogP contribution in [0.2, 0.25) is 0 Å². The van der Waals surface area contributed by atoms with Gasteiger partial charge in [-0.05, 0) is 18.1 Å². The molecule has 0 amide bonds. The predicted molar refractivity (Wildman–Crippen MR) is 69.1 cm³/mol. The average molecular weight is 262 g/mol. The van der Waals surface area contributed by atoms with Gasteiger partial charge in [0, 0.05) is 5.39 Å². The van der Waals surface area contributed by atoms with Crippen molar-refractivity contribution in [3.05, 3.63) is 40.3 Å². The first-order valence-corrected chi connectivity index (χ1v) is 5.93. The molecule has 1 aromatic carbocycles. The molecular weight excluding hydrogens is 248 g/mol. The molecular formula is C13H14N2O4. The normalized spacial score (nSPS) is 10.7. The van der Waals surface area contributed by atoms with Gasteiger partial charge in [-0.25, -0.2) is 5.10 Å². The average Bonchev–Trinajstić information content (AvgIpc) is 2.39. The topological polar surface area (TPSA) is 92.3 Å². The van der Waals surface area contributed by atoms with E-state index < -0.39 is 5.97 Å². The highest BCUT2D eigenvalue weighted by atomic mass is 16.5. The molecule has 0 atom stereocenters. The summed E-state index contributed by atoms with van der Waals surface area (Å²) in [6.07, 6.45) is 2.22. The standard InChI is InChI=1S/C13H14N2O4/c16-12(17)5-7-19-6-4-9-2-1-3-10-11(9)8-14-15-13(10)18/h1-3,8H,4-7H2,(H,15,18)(H,16,17). The Labute approximate surface area is 109 Å². The molecule has 2 rings (SSSR count). The van der Waals surface area contributed by atoms with Gasteiger partial charge in [0.1, 0.15) is 0 Å². The van der Waals surface area contributed by atoms with E-state index in [-0.39, 0.29) is 18.6 Å². The Balaban J connectivity index is 2.03. The van der Waals surface area contributed by atoms with E-state index in [9.17, 15) is 9.59 Å². The molecule has 0 saturated heterocycles. The first kappa shape index (κ1) is 13.2. The summed E-state index contributed by atoms with van der Waals surface area (Å²) < 4.78 is 5.24. The fourth-order valence-corrected chi connectivity index (χ4v) is 1.84. The summed E-state index contributed by atoms with van der Waals surface area (Å²) in [5, 5.41) is 16.0. The third-order valence-electron chi connectivity index (χ3n) is 2.78. The van der Waals surface area contributed by atoms with Crippen molar-refractivity contribution in [1.29, 1.82) is 0 Å². The Hall–Kier alpha value is -2.21. The van der Waals surface area contributed by atoms with Crippen LogP contribution in [-0.4, -0.2) is 34.5 Å². The van der Waals surface area contributed by atoms with Gasteiger partial charge in [-0.15, -0.1) is 0 Å². The molecule has 19 heavy (non-hydrogen) atoms. The second-order valence-electron chi connectivity index (χ2n) is 4.08. The zero-order chi connectivity index (χ0) is 13.7. The van der Waals surface area contributed by atoms with Crippen molar-refractivity contribution in [2.75, 3.05) is 13.2 Å². The highest BCUT2D eigenvalue weighted by Gasteiger charge is 2.04. The van der Waals surface area contributed by atoms with Gasteiger partial charge >= 0.3 is 5.97 Å². The van der Waals surface area contributed by atoms with Crippen molar-refractivity contribution in [3.63, 3.8) is 0 Å². The molecule has 1 heterocycles. The molecule has 0 bridgehead atoms. The zero-order valence-corrected chi connectivity index (χ0v) is 10.3. The molecule has 0 spiro atoms. The number of benzene rings is 1. The first-order chi connectivity index (χ1) is 9.18. The van der Waals surface area contributed by atoms with Crippen molar-refractivity contribution < 1.29 is 14.6 Å². The third-order valence-corrected chi connectivity index (χ3v) is 2.78. The number of carbonyl (C=O) groups is 1. The summed E-state index contributed by atoms with van der Waals surface area (Å²) >= 11 is 0. The summed E-state index contributed by atoms with van der Waals surface area (Å²) in [6.45, 7) is 0.609. The number of aliphatic carboxylic acids is 1. The van der Waals surface area contributed by atoms with Gasteiger partial charge in [0.2, 0.25) is 0 Å². The van der Waals surface area contributed by atoms with Gasteiger partial charge < -0.3 is 9.84 Å². The SMILES string of the molecule is O=C(O)CCOCCc1cccc2c(=O)[nH]ncc12. The Morgan fingerprint density at radius 1 is 1.32 bits per heavy atom. The van der Waals surface area contributed by atoms with Crippen LogP contribution in [0.25, 0.3) is 10.8 Å². The zero-order valence-electron chi connectivity index (χ0n) is 10.3. The van der Waals surface area contributed by atoms with Gasteiger partial charge in [-0.2, -0.15) is 5.10 Å². The number of aromatic amines is 1. The lowest BCUT2D eigenvalue weighted by Crippen LogP contribution is -2.09. The number of ether oxygens (including phenoxy) is 1. The van der Waals surface area contributed by atoms with Gasteiger partial charge in [-0.3, -0.25) is 9.59 Å². The second kappa shape index (κ2) is 6.10. The Morgan fingerprint density at radius 3 is 2.95 bits per heavy atom. The van der Waals surface area contributed by atoms with Crippen molar-refractivity contribution in [3.8, 4) is 0 Å². The number of H-pyrrole nitrogens is 1. The predicted octanol–water partition coefficient (Wildman–Crippen LogP) is 0.957. The lowest BCUT2D eigenvalue weighted by Gasteiger charge is -2.06. The number of rotatable bonds is 6. The summed E-state index contributed by atoms with van der Waals surface area (Å²) in [5.74, 6) is -0.874. The molecule has 0 aliphatic carbocycles. The molecule has 6 heteroatoms. The molecule has 0 aliphatic heterocycles. The second-order valence-corrected chi connectivity index (χ2v) is 4.08. The van der Waals surface area contributed by atoms with Crippen LogP contribution in [0.15, 0.2) is 29.2 Å². The summed E-state index contributed by atoms with van der Waals surface area (Å²) in [5.41, 5.74) is 0.748. The van der Waals surface area contributed by atoms with Crippen molar-refractivity contribution >= 4 is 16.7 Å². The minimum absolute atomic E-state index is 0.00321. The van der Waals surface area contributed by atoms with Crippen LogP contribution >= 0.6 is 0 Å². The van der Waals surface area contributed by atoms with Gasteiger partial charge in [0.05, 0.1) is 31.2 Å². The van der Waals surface area contributed by atoms with Gasteiger partial charge in [0.15, 0.2) is 0 Å². The van der Waals surface area contributed by atoms with Crippen LogP contribution in [0.4, 0.5) is 0 Å². The van der Waals surface area contributed by atoms with Crippen molar-refractivity contribution in [1.82, 2.24) is 10.2 Å². The van der Waals surface area contributed by atoms with E-state index in [2.05, 4.69) is 10.2 Å². The molecule has 0 aliphatic rings. The number of fused-ring (bicyclic) bond motifs is 1. The fraction of sp³-hybridized carbons (Fsp3) is 0.308. The number of nitrogens with zero attached hydrogens (tertiary/aromatic N) is 1. The molecule has 1 aromatic heterocycles. The monoisotopic (exact) mass is 262 g/mol. The Bertz CT molecular complexity index is 636. The van der Waals surface area contributed by atoms with Crippen LogP contribution < -0.4 is 5.56 Å². The number of carboxylic acids is 1. The van der Waals surface area contributed by atoms with E-state index in [1.165, 1.54) is 0 Å².